The molecule has 5 nitrogen and oxygen atoms in total. The maximum absolute atomic E-state index is 12.9. The third-order valence-electron chi connectivity index (χ3n) is 4.71. The molecule has 0 bridgehead atoms. The van der Waals surface area contributed by atoms with Crippen LogP contribution in [0.2, 0.25) is 5.02 Å². The van der Waals surface area contributed by atoms with Crippen LogP contribution in [0.3, 0.4) is 0 Å². The highest BCUT2D eigenvalue weighted by molar-refractivity contribution is 8.27. The fourth-order valence-corrected chi connectivity index (χ4v) is 4.69. The summed E-state index contributed by atoms with van der Waals surface area (Å²) >= 11 is 13.1. The zero-order chi connectivity index (χ0) is 23.2. The number of hydrogen-bond donors (Lipinski definition) is 0. The molecule has 3 aromatic rings. The number of hydrogen-bond acceptors (Lipinski definition) is 6. The van der Waals surface area contributed by atoms with Crippen LogP contribution in [0.4, 0.5) is 5.69 Å². The summed E-state index contributed by atoms with van der Waals surface area (Å²) in [6, 6.07) is 22.1. The van der Waals surface area contributed by atoms with Crippen molar-refractivity contribution in [2.24, 2.45) is 0 Å². The number of amides is 1. The Morgan fingerprint density at radius 3 is 2.48 bits per heavy atom. The van der Waals surface area contributed by atoms with Crippen LogP contribution in [0.25, 0.3) is 6.08 Å². The molecule has 3 aromatic carbocycles. The van der Waals surface area contributed by atoms with Gasteiger partial charge in [0.05, 0.1) is 22.7 Å². The summed E-state index contributed by atoms with van der Waals surface area (Å²) in [7, 11) is 1.61. The highest BCUT2D eigenvalue weighted by Crippen LogP contribution is 2.36. The minimum absolute atomic E-state index is 0.151. The molecular weight excluding hydrogens is 478 g/mol. The van der Waals surface area contributed by atoms with Crippen molar-refractivity contribution in [2.45, 2.75) is 0 Å². The SMILES string of the molecule is COc1cccc(OCCOc2ccc(/C=C3\SC(=S)N(c4ccccc4)C3=O)cc2Cl)c1. The molecule has 1 aliphatic rings. The smallest absolute Gasteiger partial charge is 0.270 e. The van der Waals surface area contributed by atoms with Gasteiger partial charge in [-0.1, -0.05) is 65.9 Å². The highest BCUT2D eigenvalue weighted by atomic mass is 35.5. The number of rotatable bonds is 8. The van der Waals surface area contributed by atoms with Crippen molar-refractivity contribution in [2.75, 3.05) is 25.2 Å². The average molecular weight is 498 g/mol. The van der Waals surface area contributed by atoms with Gasteiger partial charge < -0.3 is 14.2 Å². The van der Waals surface area contributed by atoms with Crippen LogP contribution in [-0.4, -0.2) is 30.6 Å². The summed E-state index contributed by atoms with van der Waals surface area (Å²) in [6.45, 7) is 0.680. The van der Waals surface area contributed by atoms with Crippen LogP contribution < -0.4 is 19.1 Å². The molecule has 0 spiro atoms. The number of nitrogens with zero attached hydrogens (tertiary/aromatic N) is 1. The van der Waals surface area contributed by atoms with Crippen LogP contribution in [-0.2, 0) is 4.79 Å². The summed E-state index contributed by atoms with van der Waals surface area (Å²) in [5.74, 6) is 1.82. The van der Waals surface area contributed by atoms with Crippen molar-refractivity contribution in [1.29, 1.82) is 0 Å². The molecule has 0 aliphatic carbocycles. The van der Waals surface area contributed by atoms with Crippen molar-refractivity contribution >= 4 is 57.6 Å². The zero-order valence-corrected chi connectivity index (χ0v) is 20.1. The molecule has 0 saturated carbocycles. The van der Waals surface area contributed by atoms with Crippen molar-refractivity contribution in [3.63, 3.8) is 0 Å². The number of halogens is 1. The van der Waals surface area contributed by atoms with E-state index in [2.05, 4.69) is 0 Å². The molecule has 1 saturated heterocycles. The number of thioether (sulfide) groups is 1. The monoisotopic (exact) mass is 497 g/mol. The number of methoxy groups -OCH3 is 1. The molecule has 4 rings (SSSR count). The Labute approximate surface area is 206 Å². The average Bonchev–Trinajstić information content (AvgIpc) is 3.11. The van der Waals surface area contributed by atoms with Gasteiger partial charge in [-0.15, -0.1) is 0 Å². The van der Waals surface area contributed by atoms with Gasteiger partial charge in [-0.25, -0.2) is 0 Å². The maximum Gasteiger partial charge on any atom is 0.270 e. The van der Waals surface area contributed by atoms with Gasteiger partial charge in [-0.2, -0.15) is 0 Å². The molecule has 8 heteroatoms. The molecule has 1 amide bonds. The number of para-hydroxylation sites is 1. The lowest BCUT2D eigenvalue weighted by Crippen LogP contribution is -2.27. The lowest BCUT2D eigenvalue weighted by Gasteiger charge is -2.13. The van der Waals surface area contributed by atoms with Crippen molar-refractivity contribution < 1.29 is 19.0 Å². The van der Waals surface area contributed by atoms with Crippen LogP contribution >= 0.6 is 35.6 Å². The predicted octanol–water partition coefficient (Wildman–Crippen LogP) is 6.21. The summed E-state index contributed by atoms with van der Waals surface area (Å²) in [4.78, 5) is 15.0. The zero-order valence-electron chi connectivity index (χ0n) is 17.7. The lowest BCUT2D eigenvalue weighted by molar-refractivity contribution is -0.113. The number of carbonyl (C=O) groups is 1. The van der Waals surface area contributed by atoms with E-state index >= 15 is 0 Å². The standard InChI is InChI=1S/C25H20ClNO4S2/c1-29-19-8-5-9-20(16-19)30-12-13-31-22-11-10-17(14-21(22)26)15-23-24(28)27(25(32)33-23)18-6-3-2-4-7-18/h2-11,14-16H,12-13H2,1H3/b23-15-. The third-order valence-corrected chi connectivity index (χ3v) is 6.31. The molecule has 0 N–H and O–H groups in total. The van der Waals surface area contributed by atoms with Gasteiger partial charge in [0, 0.05) is 6.07 Å². The molecule has 0 aromatic heterocycles. The Kier molecular flexibility index (Phi) is 7.54. The van der Waals surface area contributed by atoms with Crippen molar-refractivity contribution in [1.82, 2.24) is 0 Å². The predicted molar refractivity (Wildman–Crippen MR) is 138 cm³/mol. The van der Waals surface area contributed by atoms with E-state index in [1.807, 2.05) is 60.7 Å². The summed E-state index contributed by atoms with van der Waals surface area (Å²) < 4.78 is 17.1. The van der Waals surface area contributed by atoms with Gasteiger partial charge in [0.25, 0.3) is 5.91 Å². The largest absolute Gasteiger partial charge is 0.497 e. The number of anilines is 1. The normalized spacial score (nSPS) is 14.6. The Bertz CT molecular complexity index is 1200. The van der Waals surface area contributed by atoms with Crippen LogP contribution in [0.1, 0.15) is 5.56 Å². The summed E-state index contributed by atoms with van der Waals surface area (Å²) in [5, 5.41) is 0.448. The minimum atomic E-state index is -0.151. The van der Waals surface area contributed by atoms with Gasteiger partial charge in [0.2, 0.25) is 0 Å². The van der Waals surface area contributed by atoms with Crippen molar-refractivity contribution in [3.05, 3.63) is 88.3 Å². The number of benzene rings is 3. The minimum Gasteiger partial charge on any atom is -0.497 e. The molecule has 0 radical (unpaired) electrons. The Morgan fingerprint density at radius 2 is 1.73 bits per heavy atom. The van der Waals surface area contributed by atoms with E-state index in [0.29, 0.717) is 39.0 Å². The second-order valence-electron chi connectivity index (χ2n) is 6.92. The molecule has 168 valence electrons. The van der Waals surface area contributed by atoms with Gasteiger partial charge in [-0.3, -0.25) is 9.69 Å². The summed E-state index contributed by atoms with van der Waals surface area (Å²) in [5.41, 5.74) is 1.54. The second kappa shape index (κ2) is 10.7. The number of carbonyl (C=O) groups excluding carboxylic acids is 1. The lowest BCUT2D eigenvalue weighted by atomic mass is 10.2. The number of thiocarbonyl (C=S) groups is 1. The molecule has 1 heterocycles. The highest BCUT2D eigenvalue weighted by Gasteiger charge is 2.33. The van der Waals surface area contributed by atoms with E-state index in [1.165, 1.54) is 16.7 Å². The first-order valence-corrected chi connectivity index (χ1v) is 11.7. The summed E-state index contributed by atoms with van der Waals surface area (Å²) in [6.07, 6.45) is 1.78. The first-order valence-electron chi connectivity index (χ1n) is 10.1. The van der Waals surface area contributed by atoms with E-state index in [0.717, 1.165) is 17.0 Å². The van der Waals surface area contributed by atoms with Crippen LogP contribution in [0.15, 0.2) is 77.7 Å². The van der Waals surface area contributed by atoms with E-state index in [-0.39, 0.29) is 5.91 Å². The van der Waals surface area contributed by atoms with Crippen molar-refractivity contribution in [3.8, 4) is 17.2 Å². The van der Waals surface area contributed by atoms with Crippen LogP contribution in [0.5, 0.6) is 17.2 Å². The van der Waals surface area contributed by atoms with Gasteiger partial charge in [0.1, 0.15) is 30.5 Å². The fourth-order valence-electron chi connectivity index (χ4n) is 3.14. The molecule has 1 aliphatic heterocycles. The molecular formula is C25H20ClNO4S2. The fraction of sp³-hybridized carbons (Fsp3) is 0.120. The number of ether oxygens (including phenoxy) is 3. The Hall–Kier alpha value is -3.00. The van der Waals surface area contributed by atoms with Gasteiger partial charge in [0.15, 0.2) is 4.32 Å². The Morgan fingerprint density at radius 1 is 0.970 bits per heavy atom. The third kappa shape index (κ3) is 5.68. The van der Waals surface area contributed by atoms with E-state index in [1.54, 1.807) is 25.3 Å². The second-order valence-corrected chi connectivity index (χ2v) is 9.00. The topological polar surface area (TPSA) is 48.0 Å². The van der Waals surface area contributed by atoms with E-state index in [9.17, 15) is 4.79 Å². The maximum atomic E-state index is 12.9. The molecule has 0 unspecified atom stereocenters. The van der Waals surface area contributed by atoms with E-state index < -0.39 is 0 Å². The molecule has 33 heavy (non-hydrogen) atoms. The molecule has 0 atom stereocenters. The van der Waals surface area contributed by atoms with Crippen LogP contribution in [0, 0.1) is 0 Å². The van der Waals surface area contributed by atoms with Gasteiger partial charge >= 0.3 is 0 Å². The first-order chi connectivity index (χ1) is 16.0. The quantitative estimate of drug-likeness (QED) is 0.209. The van der Waals surface area contributed by atoms with E-state index in [4.69, 9.17) is 38.0 Å². The Balaban J connectivity index is 1.37. The molecule has 1 fully saturated rings. The first kappa shape index (κ1) is 23.2. The van der Waals surface area contributed by atoms with Gasteiger partial charge in [-0.05, 0) is 48.0 Å².